The third-order valence-corrected chi connectivity index (χ3v) is 3.17. The van der Waals surface area contributed by atoms with E-state index in [1.807, 2.05) is 19.1 Å². The van der Waals surface area contributed by atoms with Crippen LogP contribution in [0, 0.1) is 6.92 Å². The number of para-hydroxylation sites is 1. The lowest BCUT2D eigenvalue weighted by Gasteiger charge is -2.12. The van der Waals surface area contributed by atoms with E-state index in [0.29, 0.717) is 23.8 Å². The number of aryl methyl sites for hydroxylation is 1. The van der Waals surface area contributed by atoms with Crippen molar-refractivity contribution in [2.75, 3.05) is 6.61 Å². The second-order valence-electron chi connectivity index (χ2n) is 5.11. The summed E-state index contributed by atoms with van der Waals surface area (Å²) < 4.78 is 5.67. The number of hydrogen-bond acceptors (Lipinski definition) is 3. The van der Waals surface area contributed by atoms with Gasteiger partial charge in [0.25, 0.3) is 0 Å². The largest absolute Gasteiger partial charge is 0.492 e. The summed E-state index contributed by atoms with van der Waals surface area (Å²) >= 11 is 0. The van der Waals surface area contributed by atoms with Gasteiger partial charge in [-0.3, -0.25) is 4.79 Å². The van der Waals surface area contributed by atoms with Crippen LogP contribution < -0.4 is 10.1 Å². The van der Waals surface area contributed by atoms with Crippen LogP contribution >= 0.6 is 0 Å². The Balaban J connectivity index is 1.94. The van der Waals surface area contributed by atoms with Crippen LogP contribution in [-0.4, -0.2) is 29.6 Å². The van der Waals surface area contributed by atoms with E-state index in [-0.39, 0.29) is 12.5 Å². The van der Waals surface area contributed by atoms with Gasteiger partial charge in [0.15, 0.2) is 0 Å². The summed E-state index contributed by atoms with van der Waals surface area (Å²) in [5.41, 5.74) is 1.60. The van der Waals surface area contributed by atoms with Gasteiger partial charge in [-0.05, 0) is 31.4 Å². The highest BCUT2D eigenvalue weighted by Crippen LogP contribution is 2.25. The normalized spacial score (nSPS) is 14.1. The van der Waals surface area contributed by atoms with Gasteiger partial charge in [0.2, 0.25) is 5.91 Å². The van der Waals surface area contributed by atoms with Gasteiger partial charge >= 0.3 is 5.97 Å². The van der Waals surface area contributed by atoms with Crippen molar-refractivity contribution >= 4 is 18.0 Å². The molecule has 0 atom stereocenters. The molecule has 1 aromatic carbocycles. The molecule has 1 fully saturated rings. The minimum Gasteiger partial charge on any atom is -0.492 e. The first kappa shape index (κ1) is 15.1. The first-order valence-electron chi connectivity index (χ1n) is 6.99. The Morgan fingerprint density at radius 2 is 2.19 bits per heavy atom. The average Bonchev–Trinajstić information content (AvgIpc) is 3.22. The maximum atomic E-state index is 11.6. The van der Waals surface area contributed by atoms with Gasteiger partial charge in [0.1, 0.15) is 5.75 Å². The second kappa shape index (κ2) is 6.92. The fourth-order valence-corrected chi connectivity index (χ4v) is 1.94. The third kappa shape index (κ3) is 4.95. The van der Waals surface area contributed by atoms with Crippen LogP contribution in [0.2, 0.25) is 0 Å². The highest BCUT2D eigenvalue weighted by atomic mass is 16.5. The van der Waals surface area contributed by atoms with Crippen molar-refractivity contribution in [1.29, 1.82) is 0 Å². The van der Waals surface area contributed by atoms with Crippen LogP contribution in [0.1, 0.15) is 30.4 Å². The van der Waals surface area contributed by atoms with Crippen molar-refractivity contribution in [2.24, 2.45) is 0 Å². The van der Waals surface area contributed by atoms with Gasteiger partial charge in [-0.2, -0.15) is 0 Å². The number of carboxylic acids is 1. The Morgan fingerprint density at radius 1 is 1.43 bits per heavy atom. The van der Waals surface area contributed by atoms with Gasteiger partial charge in [-0.15, -0.1) is 0 Å². The van der Waals surface area contributed by atoms with Crippen molar-refractivity contribution in [3.05, 3.63) is 35.4 Å². The number of rotatable bonds is 7. The first-order chi connectivity index (χ1) is 10.1. The van der Waals surface area contributed by atoms with Gasteiger partial charge in [-0.1, -0.05) is 18.2 Å². The Hall–Kier alpha value is -2.30. The molecule has 0 spiro atoms. The number of carbonyl (C=O) groups is 2. The van der Waals surface area contributed by atoms with Gasteiger partial charge in [0.05, 0.1) is 13.0 Å². The monoisotopic (exact) mass is 289 g/mol. The predicted octanol–water partition coefficient (Wildman–Crippen LogP) is 2.14. The minimum absolute atomic E-state index is 0.00582. The lowest BCUT2D eigenvalue weighted by Crippen LogP contribution is -2.26. The molecule has 0 aliphatic heterocycles. The summed E-state index contributed by atoms with van der Waals surface area (Å²) in [6.45, 7) is 2.16. The Kier molecular flexibility index (Phi) is 4.98. The molecule has 1 amide bonds. The molecule has 0 radical (unpaired) electrons. The molecule has 1 aliphatic rings. The fourth-order valence-electron chi connectivity index (χ4n) is 1.94. The summed E-state index contributed by atoms with van der Waals surface area (Å²) in [4.78, 5) is 22.2. The van der Waals surface area contributed by atoms with Crippen LogP contribution in [0.3, 0.4) is 0 Å². The molecule has 1 saturated carbocycles. The highest BCUT2D eigenvalue weighted by molar-refractivity contribution is 5.86. The predicted molar refractivity (Wildman–Crippen MR) is 79.1 cm³/mol. The number of carbonyl (C=O) groups excluding carboxylic acids is 1. The van der Waals surface area contributed by atoms with Gasteiger partial charge in [0, 0.05) is 17.7 Å². The van der Waals surface area contributed by atoms with E-state index >= 15 is 0 Å². The van der Waals surface area contributed by atoms with Crippen molar-refractivity contribution in [1.82, 2.24) is 5.32 Å². The summed E-state index contributed by atoms with van der Waals surface area (Å²) in [7, 11) is 0. The fraction of sp³-hybridized carbons (Fsp3) is 0.375. The molecule has 2 N–H and O–H groups in total. The van der Waals surface area contributed by atoms with Crippen LogP contribution in [0.15, 0.2) is 24.3 Å². The van der Waals surface area contributed by atoms with E-state index in [0.717, 1.165) is 24.5 Å². The molecule has 21 heavy (non-hydrogen) atoms. The Labute approximate surface area is 123 Å². The molecule has 112 valence electrons. The number of amides is 1. The van der Waals surface area contributed by atoms with E-state index in [4.69, 9.17) is 9.84 Å². The first-order valence-corrected chi connectivity index (χ1v) is 6.99. The zero-order chi connectivity index (χ0) is 15.2. The lowest BCUT2D eigenvalue weighted by molar-refractivity contribution is -0.131. The van der Waals surface area contributed by atoms with Crippen LogP contribution in [0.4, 0.5) is 0 Å². The zero-order valence-electron chi connectivity index (χ0n) is 12.0. The van der Waals surface area contributed by atoms with Gasteiger partial charge < -0.3 is 15.2 Å². The Morgan fingerprint density at radius 3 is 2.86 bits per heavy atom. The standard InChI is InChI=1S/C16H19NO4/c1-11-3-2-4-12(5-8-15(19)20)16(11)21-10-9-14(18)17-13-6-7-13/h2-5,8,13H,6-7,9-10H2,1H3,(H,17,18)(H,19,20)/b8-5+. The number of aliphatic carboxylic acids is 1. The number of carboxylic acid groups (broad SMARTS) is 1. The lowest BCUT2D eigenvalue weighted by atomic mass is 10.1. The molecule has 0 bridgehead atoms. The van der Waals surface area contributed by atoms with E-state index in [1.54, 1.807) is 6.07 Å². The maximum Gasteiger partial charge on any atom is 0.328 e. The Bertz CT molecular complexity index is 561. The van der Waals surface area contributed by atoms with Crippen molar-refractivity contribution in [3.8, 4) is 5.75 Å². The zero-order valence-corrected chi connectivity index (χ0v) is 12.0. The van der Waals surface area contributed by atoms with Crippen LogP contribution in [0.5, 0.6) is 5.75 Å². The molecule has 5 nitrogen and oxygen atoms in total. The minimum atomic E-state index is -1.01. The molecular weight excluding hydrogens is 270 g/mol. The molecule has 2 rings (SSSR count). The van der Waals surface area contributed by atoms with E-state index in [1.165, 1.54) is 6.08 Å². The van der Waals surface area contributed by atoms with Crippen molar-refractivity contribution in [3.63, 3.8) is 0 Å². The molecular formula is C16H19NO4. The second-order valence-corrected chi connectivity index (χ2v) is 5.11. The quantitative estimate of drug-likeness (QED) is 0.754. The maximum absolute atomic E-state index is 11.6. The van der Waals surface area contributed by atoms with Gasteiger partial charge in [-0.25, -0.2) is 4.79 Å². The van der Waals surface area contributed by atoms with Crippen molar-refractivity contribution in [2.45, 2.75) is 32.2 Å². The number of nitrogens with one attached hydrogen (secondary N) is 1. The topological polar surface area (TPSA) is 75.6 Å². The highest BCUT2D eigenvalue weighted by Gasteiger charge is 2.22. The average molecular weight is 289 g/mol. The molecule has 1 aromatic rings. The van der Waals surface area contributed by atoms with E-state index in [9.17, 15) is 9.59 Å². The molecule has 0 heterocycles. The summed E-state index contributed by atoms with van der Waals surface area (Å²) in [6, 6.07) is 5.86. The molecule has 0 unspecified atom stereocenters. The summed E-state index contributed by atoms with van der Waals surface area (Å²) in [5.74, 6) is -0.394. The SMILES string of the molecule is Cc1cccc(/C=C/C(=O)O)c1OCCC(=O)NC1CC1. The van der Waals surface area contributed by atoms with E-state index < -0.39 is 5.97 Å². The summed E-state index contributed by atoms with van der Waals surface area (Å²) in [6.07, 6.45) is 4.99. The number of ether oxygens (including phenoxy) is 1. The number of hydrogen-bond donors (Lipinski definition) is 2. The molecule has 0 saturated heterocycles. The van der Waals surface area contributed by atoms with Crippen LogP contribution in [0.25, 0.3) is 6.08 Å². The van der Waals surface area contributed by atoms with E-state index in [2.05, 4.69) is 5.32 Å². The third-order valence-electron chi connectivity index (χ3n) is 3.17. The number of benzene rings is 1. The molecule has 1 aliphatic carbocycles. The van der Waals surface area contributed by atoms with Crippen LogP contribution in [-0.2, 0) is 9.59 Å². The molecule has 0 aromatic heterocycles. The van der Waals surface area contributed by atoms with Crippen molar-refractivity contribution < 1.29 is 19.4 Å². The summed E-state index contributed by atoms with van der Waals surface area (Å²) in [5, 5.41) is 11.6. The molecule has 5 heteroatoms. The smallest absolute Gasteiger partial charge is 0.328 e.